The van der Waals surface area contributed by atoms with E-state index in [0.29, 0.717) is 13.1 Å². The highest BCUT2D eigenvalue weighted by Crippen LogP contribution is 2.17. The highest BCUT2D eigenvalue weighted by atomic mass is 16.5. The van der Waals surface area contributed by atoms with Crippen molar-refractivity contribution in [2.24, 2.45) is 0 Å². The Balaban J connectivity index is 2.55. The number of carboxylic acids is 2. The summed E-state index contributed by atoms with van der Waals surface area (Å²) in [6.45, 7) is 0.937. The maximum atomic E-state index is 11.3. The summed E-state index contributed by atoms with van der Waals surface area (Å²) in [4.78, 5) is 32.4. The molecule has 8 nitrogen and oxygen atoms in total. The van der Waals surface area contributed by atoms with Crippen molar-refractivity contribution in [3.63, 3.8) is 0 Å². The molecule has 1 atom stereocenters. The third-order valence-corrected chi connectivity index (χ3v) is 2.32. The molecule has 0 bridgehead atoms. The lowest BCUT2D eigenvalue weighted by Gasteiger charge is -2.28. The topological polar surface area (TPSA) is 133 Å². The standard InChI is InChI=1S/C9H13NO7/c11-6(12)1-9(16,8(14)15)2-7(13)17-5-3-10-4-5/h5,10,16H,1-4H2,(H,11,12)(H,14,15). The first-order valence-corrected chi connectivity index (χ1v) is 4.91. The van der Waals surface area contributed by atoms with Crippen molar-refractivity contribution in [3.05, 3.63) is 0 Å². The van der Waals surface area contributed by atoms with E-state index in [2.05, 4.69) is 5.32 Å². The van der Waals surface area contributed by atoms with Crippen molar-refractivity contribution in [1.82, 2.24) is 5.32 Å². The molecule has 0 amide bonds. The number of rotatable bonds is 6. The van der Waals surface area contributed by atoms with Crippen molar-refractivity contribution < 1.29 is 34.4 Å². The van der Waals surface area contributed by atoms with Crippen LogP contribution in [-0.4, -0.2) is 58.0 Å². The van der Waals surface area contributed by atoms with Crippen LogP contribution in [0.5, 0.6) is 0 Å². The number of ether oxygens (including phenoxy) is 1. The van der Waals surface area contributed by atoms with Gasteiger partial charge in [-0.2, -0.15) is 0 Å². The minimum absolute atomic E-state index is 0.342. The third kappa shape index (κ3) is 3.68. The summed E-state index contributed by atoms with van der Waals surface area (Å²) in [6, 6.07) is 0. The molecule has 1 heterocycles. The summed E-state index contributed by atoms with van der Waals surface area (Å²) in [5.41, 5.74) is -2.62. The van der Waals surface area contributed by atoms with E-state index in [9.17, 15) is 19.5 Å². The Morgan fingerprint density at radius 2 is 1.82 bits per heavy atom. The van der Waals surface area contributed by atoms with Crippen LogP contribution in [0, 0.1) is 0 Å². The van der Waals surface area contributed by atoms with Crippen molar-refractivity contribution in [3.8, 4) is 0 Å². The second-order valence-electron chi connectivity index (χ2n) is 3.85. The molecular formula is C9H13NO7. The van der Waals surface area contributed by atoms with E-state index in [1.54, 1.807) is 0 Å². The van der Waals surface area contributed by atoms with Crippen molar-refractivity contribution in [1.29, 1.82) is 0 Å². The summed E-state index contributed by atoms with van der Waals surface area (Å²) >= 11 is 0. The summed E-state index contributed by atoms with van der Waals surface area (Å²) in [7, 11) is 0. The Bertz CT molecular complexity index is 338. The molecule has 0 spiro atoms. The van der Waals surface area contributed by atoms with Gasteiger partial charge in [0, 0.05) is 13.1 Å². The average Bonchev–Trinajstić information content (AvgIpc) is 2.09. The van der Waals surface area contributed by atoms with Gasteiger partial charge in [-0.25, -0.2) is 4.79 Å². The van der Waals surface area contributed by atoms with Crippen LogP contribution in [0.3, 0.4) is 0 Å². The van der Waals surface area contributed by atoms with E-state index < -0.39 is 36.4 Å². The highest BCUT2D eigenvalue weighted by Gasteiger charge is 2.42. The molecule has 0 aromatic carbocycles. The second kappa shape index (κ2) is 5.11. The Morgan fingerprint density at radius 3 is 2.18 bits per heavy atom. The van der Waals surface area contributed by atoms with Gasteiger partial charge in [0.1, 0.15) is 6.10 Å². The van der Waals surface area contributed by atoms with E-state index in [4.69, 9.17) is 14.9 Å². The minimum Gasteiger partial charge on any atom is -0.481 e. The number of esters is 1. The van der Waals surface area contributed by atoms with Gasteiger partial charge >= 0.3 is 17.9 Å². The Kier molecular flexibility index (Phi) is 4.02. The zero-order valence-electron chi connectivity index (χ0n) is 8.88. The van der Waals surface area contributed by atoms with Gasteiger partial charge < -0.3 is 25.4 Å². The molecule has 0 aromatic heterocycles. The molecule has 1 saturated heterocycles. The molecule has 1 aliphatic heterocycles. The summed E-state index contributed by atoms with van der Waals surface area (Å²) in [5, 5.41) is 29.5. The molecule has 0 aliphatic carbocycles. The monoisotopic (exact) mass is 247 g/mol. The number of carbonyl (C=O) groups is 3. The molecule has 0 saturated carbocycles. The minimum atomic E-state index is -2.62. The molecule has 0 radical (unpaired) electrons. The quantitative estimate of drug-likeness (QED) is 0.403. The van der Waals surface area contributed by atoms with Crippen molar-refractivity contribution in [2.45, 2.75) is 24.5 Å². The van der Waals surface area contributed by atoms with Crippen LogP contribution < -0.4 is 5.32 Å². The normalized spacial score (nSPS) is 18.9. The number of aliphatic carboxylic acids is 2. The first kappa shape index (κ1) is 13.4. The lowest BCUT2D eigenvalue weighted by atomic mass is 9.96. The predicted octanol–water partition coefficient (Wildman–Crippen LogP) is -1.82. The number of hydrogen-bond acceptors (Lipinski definition) is 6. The lowest BCUT2D eigenvalue weighted by Crippen LogP contribution is -2.50. The van der Waals surface area contributed by atoms with Crippen LogP contribution in [0.2, 0.25) is 0 Å². The number of carboxylic acid groups (broad SMARTS) is 2. The highest BCUT2D eigenvalue weighted by molar-refractivity contribution is 5.88. The molecule has 1 rings (SSSR count). The zero-order chi connectivity index (χ0) is 13.1. The zero-order valence-corrected chi connectivity index (χ0v) is 8.88. The Morgan fingerprint density at radius 1 is 1.24 bits per heavy atom. The van der Waals surface area contributed by atoms with Gasteiger partial charge in [0.25, 0.3) is 0 Å². The van der Waals surface area contributed by atoms with Crippen molar-refractivity contribution >= 4 is 17.9 Å². The van der Waals surface area contributed by atoms with E-state index in [1.807, 2.05) is 0 Å². The first-order chi connectivity index (χ1) is 7.83. The van der Waals surface area contributed by atoms with Gasteiger partial charge in [-0.3, -0.25) is 9.59 Å². The van der Waals surface area contributed by atoms with Gasteiger partial charge in [0.05, 0.1) is 12.8 Å². The maximum absolute atomic E-state index is 11.3. The molecule has 96 valence electrons. The van der Waals surface area contributed by atoms with Crippen LogP contribution in [-0.2, 0) is 19.1 Å². The van der Waals surface area contributed by atoms with Gasteiger partial charge in [0.2, 0.25) is 0 Å². The summed E-state index contributed by atoms with van der Waals surface area (Å²) in [5.74, 6) is -4.20. The van der Waals surface area contributed by atoms with Gasteiger partial charge in [-0.05, 0) is 0 Å². The fraction of sp³-hybridized carbons (Fsp3) is 0.667. The molecule has 1 unspecified atom stereocenters. The predicted molar refractivity (Wildman–Crippen MR) is 52.2 cm³/mol. The Labute approximate surface area is 96.2 Å². The molecule has 8 heteroatoms. The largest absolute Gasteiger partial charge is 0.481 e. The fourth-order valence-electron chi connectivity index (χ4n) is 1.28. The van der Waals surface area contributed by atoms with Crippen LogP contribution in [0.4, 0.5) is 0 Å². The smallest absolute Gasteiger partial charge is 0.336 e. The van der Waals surface area contributed by atoms with Crippen molar-refractivity contribution in [2.75, 3.05) is 13.1 Å². The van der Waals surface area contributed by atoms with Gasteiger partial charge in [-0.15, -0.1) is 0 Å². The maximum Gasteiger partial charge on any atom is 0.336 e. The average molecular weight is 247 g/mol. The molecule has 17 heavy (non-hydrogen) atoms. The molecule has 1 aliphatic rings. The van der Waals surface area contributed by atoms with E-state index >= 15 is 0 Å². The van der Waals surface area contributed by atoms with E-state index in [1.165, 1.54) is 0 Å². The summed E-state index contributed by atoms with van der Waals surface area (Å²) < 4.78 is 4.80. The number of nitrogens with one attached hydrogen (secondary N) is 1. The Hall–Kier alpha value is -1.67. The number of hydrogen-bond donors (Lipinski definition) is 4. The van der Waals surface area contributed by atoms with Crippen LogP contribution in [0.25, 0.3) is 0 Å². The van der Waals surface area contributed by atoms with Crippen LogP contribution in [0.1, 0.15) is 12.8 Å². The molecule has 1 fully saturated rings. The molecule has 4 N–H and O–H groups in total. The molecular weight excluding hydrogens is 234 g/mol. The van der Waals surface area contributed by atoms with Crippen LogP contribution in [0.15, 0.2) is 0 Å². The number of carbonyl (C=O) groups excluding carboxylic acids is 1. The van der Waals surface area contributed by atoms with Gasteiger partial charge in [-0.1, -0.05) is 0 Å². The number of aliphatic hydroxyl groups is 1. The third-order valence-electron chi connectivity index (χ3n) is 2.32. The molecule has 0 aromatic rings. The van der Waals surface area contributed by atoms with Gasteiger partial charge in [0.15, 0.2) is 5.60 Å². The second-order valence-corrected chi connectivity index (χ2v) is 3.85. The first-order valence-electron chi connectivity index (χ1n) is 4.91. The SMILES string of the molecule is O=C(O)CC(O)(CC(=O)OC1CNC1)C(=O)O. The fourth-order valence-corrected chi connectivity index (χ4v) is 1.28. The van der Waals surface area contributed by atoms with Crippen LogP contribution >= 0.6 is 0 Å². The summed E-state index contributed by atoms with van der Waals surface area (Å²) in [6.07, 6.45) is -2.28. The van der Waals surface area contributed by atoms with E-state index in [-0.39, 0.29) is 6.10 Å². The lowest BCUT2D eigenvalue weighted by molar-refractivity contribution is -0.174. The van der Waals surface area contributed by atoms with E-state index in [0.717, 1.165) is 0 Å².